The fourth-order valence-electron chi connectivity index (χ4n) is 16.6. The molecular weight excluding hydrogens is 1950 g/mol. The number of benzene rings is 3. The van der Waals surface area contributed by atoms with Gasteiger partial charge in [-0.3, -0.25) is 105 Å². The van der Waals surface area contributed by atoms with Crippen molar-refractivity contribution in [2.24, 2.45) is 63.8 Å². The summed E-state index contributed by atoms with van der Waals surface area (Å²) in [6.45, 7) is 18.1. The fraction of sp³-hybridized carbons (Fsp3) is 0.608. The van der Waals surface area contributed by atoms with Gasteiger partial charge in [-0.25, -0.2) is 0 Å². The number of nitrogens with two attached hydrogens (primary N) is 7. The Kier molecular flexibility index (Phi) is 57.2. The molecule has 1 aliphatic rings. The summed E-state index contributed by atoms with van der Waals surface area (Å²) < 4.78 is 0. The summed E-state index contributed by atoms with van der Waals surface area (Å²) in [6, 6.07) is -0.786. The summed E-state index contributed by atoms with van der Waals surface area (Å²) >= 11 is 0. The molecular formula is C102H160N24O24. The molecule has 832 valence electrons. The monoisotopic (exact) mass is 2110 g/mol. The molecule has 3 aromatic carbocycles. The van der Waals surface area contributed by atoms with Crippen LogP contribution >= 0.6 is 0 Å². The lowest BCUT2D eigenvalue weighted by atomic mass is 9.96. The molecule has 32 N–H and O–H groups in total. The molecule has 0 aromatic heterocycles. The Balaban J connectivity index is 1.66. The second-order valence-corrected chi connectivity index (χ2v) is 39.0. The molecule has 1 aliphatic heterocycles. The van der Waals surface area contributed by atoms with Crippen LogP contribution in [0.1, 0.15) is 234 Å². The van der Waals surface area contributed by atoms with E-state index in [0.29, 0.717) is 55.2 Å². The molecule has 48 nitrogen and oxygen atoms in total. The van der Waals surface area contributed by atoms with Gasteiger partial charge >= 0.3 is 5.97 Å². The van der Waals surface area contributed by atoms with Gasteiger partial charge in [0, 0.05) is 45.6 Å². The van der Waals surface area contributed by atoms with Crippen molar-refractivity contribution < 1.29 is 116 Å². The lowest BCUT2D eigenvalue weighted by Gasteiger charge is -2.31. The Morgan fingerprint density at radius 3 is 1.07 bits per heavy atom. The number of nitrogens with one attached hydrogen (secondary N) is 16. The molecule has 0 bridgehead atoms. The zero-order chi connectivity index (χ0) is 112. The van der Waals surface area contributed by atoms with E-state index in [9.17, 15) is 86.9 Å². The number of hydrogen-bond acceptors (Lipinski definition) is 26. The first-order chi connectivity index (χ1) is 71.0. The highest BCUT2D eigenvalue weighted by molar-refractivity contribution is 6.03. The fourth-order valence-corrected chi connectivity index (χ4v) is 16.6. The van der Waals surface area contributed by atoms with Crippen LogP contribution in [-0.4, -0.2) is 280 Å². The van der Waals surface area contributed by atoms with E-state index in [0.717, 1.165) is 6.92 Å². The number of carboxylic acids is 1. The Bertz CT molecular complexity index is 4980. The molecule has 0 radical (unpaired) electrons. The number of carbonyl (C=O) groups is 22. The van der Waals surface area contributed by atoms with Crippen molar-refractivity contribution in [3.05, 3.63) is 108 Å². The molecule has 19 atom stereocenters. The van der Waals surface area contributed by atoms with Gasteiger partial charge < -0.3 is 140 Å². The lowest BCUT2D eigenvalue weighted by Crippen LogP contribution is -2.62. The zero-order valence-corrected chi connectivity index (χ0v) is 87.7. The number of amides is 21. The van der Waals surface area contributed by atoms with Gasteiger partial charge in [-0.1, -0.05) is 173 Å². The largest absolute Gasteiger partial charge is 0.481 e. The van der Waals surface area contributed by atoms with Crippen molar-refractivity contribution >= 4 is 130 Å². The quantitative estimate of drug-likeness (QED) is 0.0241. The number of aliphatic carboxylic acids is 1. The number of hydrogen-bond donors (Lipinski definition) is 25. The van der Waals surface area contributed by atoms with Crippen LogP contribution in [-0.2, 0) is 125 Å². The van der Waals surface area contributed by atoms with Gasteiger partial charge in [0.05, 0.1) is 18.9 Å². The maximum atomic E-state index is 15.2. The van der Waals surface area contributed by atoms with Gasteiger partial charge in [0.1, 0.15) is 103 Å². The number of likely N-dealkylation sites (tertiary alicyclic amines) is 1. The number of aliphatic hydroxyl groups excluding tert-OH is 1. The van der Waals surface area contributed by atoms with Crippen LogP contribution in [0.5, 0.6) is 0 Å². The maximum absolute atomic E-state index is 15.2. The Morgan fingerprint density at radius 2 is 0.667 bits per heavy atom. The molecule has 4 rings (SSSR count). The first kappa shape index (κ1) is 128. The number of carboxylic acid groups (broad SMARTS) is 1. The molecule has 21 amide bonds. The average molecular weight is 2110 g/mol. The second kappa shape index (κ2) is 67.0. The van der Waals surface area contributed by atoms with E-state index in [2.05, 4.69) is 85.1 Å². The van der Waals surface area contributed by atoms with Crippen LogP contribution in [0.25, 0.3) is 0 Å². The number of unbranched alkanes of at least 4 members (excludes halogenated alkanes) is 4. The summed E-state index contributed by atoms with van der Waals surface area (Å²) in [5, 5.41) is 61.9. The van der Waals surface area contributed by atoms with Crippen molar-refractivity contribution in [3.8, 4) is 0 Å². The highest BCUT2D eigenvalue weighted by atomic mass is 16.4. The van der Waals surface area contributed by atoms with E-state index in [1.807, 2.05) is 0 Å². The van der Waals surface area contributed by atoms with Crippen LogP contribution in [0.15, 0.2) is 91.0 Å². The Hall–Kier alpha value is -14.2. The number of rotatable bonds is 71. The van der Waals surface area contributed by atoms with Gasteiger partial charge in [-0.15, -0.1) is 0 Å². The molecule has 48 heteroatoms. The Morgan fingerprint density at radius 1 is 0.347 bits per heavy atom. The minimum Gasteiger partial charge on any atom is -0.481 e. The number of nitrogens with zero attached hydrogens (tertiary/aromatic N) is 1. The minimum absolute atomic E-state index is 0.0267. The van der Waals surface area contributed by atoms with E-state index in [1.54, 1.807) is 153 Å². The second-order valence-electron chi connectivity index (χ2n) is 39.0. The van der Waals surface area contributed by atoms with Crippen molar-refractivity contribution in [2.75, 3.05) is 26.2 Å². The van der Waals surface area contributed by atoms with Crippen LogP contribution in [0.4, 0.5) is 0 Å². The Labute approximate surface area is 874 Å². The van der Waals surface area contributed by atoms with Crippen LogP contribution in [0, 0.1) is 23.7 Å². The number of aliphatic hydroxyl groups is 1. The summed E-state index contributed by atoms with van der Waals surface area (Å²) in [5.41, 5.74) is 41.1. The van der Waals surface area contributed by atoms with Gasteiger partial charge in [0.2, 0.25) is 124 Å². The third-order valence-electron chi connectivity index (χ3n) is 25.2. The predicted molar refractivity (Wildman–Crippen MR) is 552 cm³/mol. The molecule has 3 aromatic rings. The van der Waals surface area contributed by atoms with Gasteiger partial charge in [-0.2, -0.15) is 0 Å². The molecule has 0 aliphatic carbocycles. The molecule has 0 unspecified atom stereocenters. The van der Waals surface area contributed by atoms with Crippen LogP contribution < -0.4 is 125 Å². The van der Waals surface area contributed by atoms with E-state index in [1.165, 1.54) is 11.8 Å². The summed E-state index contributed by atoms with van der Waals surface area (Å²) in [4.78, 5) is 310. The molecule has 1 saturated heterocycles. The highest BCUT2D eigenvalue weighted by Gasteiger charge is 2.44. The molecule has 0 spiro atoms. The van der Waals surface area contributed by atoms with Gasteiger partial charge in [-0.05, 0) is 163 Å². The predicted octanol–water partition coefficient (Wildman–Crippen LogP) is -3.79. The zero-order valence-electron chi connectivity index (χ0n) is 87.7. The smallest absolute Gasteiger partial charge is 0.303 e. The van der Waals surface area contributed by atoms with E-state index >= 15 is 28.8 Å². The molecule has 1 heterocycles. The lowest BCUT2D eigenvalue weighted by molar-refractivity contribution is -0.143. The first-order valence-corrected chi connectivity index (χ1v) is 51.4. The highest BCUT2D eigenvalue weighted by Crippen LogP contribution is 2.24. The average Bonchev–Trinajstić information content (AvgIpc) is 1.71. The van der Waals surface area contributed by atoms with Crippen molar-refractivity contribution in [3.63, 3.8) is 0 Å². The van der Waals surface area contributed by atoms with Gasteiger partial charge in [0.15, 0.2) is 0 Å². The first-order valence-electron chi connectivity index (χ1n) is 51.4. The minimum atomic E-state index is -1.98. The summed E-state index contributed by atoms with van der Waals surface area (Å²) in [6.07, 6.45) is -3.54. The van der Waals surface area contributed by atoms with Crippen molar-refractivity contribution in [1.29, 1.82) is 0 Å². The van der Waals surface area contributed by atoms with Gasteiger partial charge in [0.25, 0.3) is 0 Å². The number of primary amides is 4. The topological polar surface area (TPSA) is 794 Å². The SMILES string of the molecule is CCCC[C@H](NC(=O)[C@H](CC(C)C)NC(=O)[C@H](Cc1ccccc1)NC(=O)[C@@H](NC(=O)[C@H](Cc1ccccc1)NC(=O)[C@@H]1CCCN1C(=O)[C@H](CCCCN)NC(=O)[C@H](CC(N)=O)NC(=O)[C@H](Cc1ccccc1)NC(=O)[C@H](CCCCN)NC(=O)[C@@H](NC(C)=O)C(C)C)C(C)C)C(=O)N[C@H](C(=O)N[C@@H](CCC(=O)O)C(=O)N[C@@H](CCC(N)=O)C(=O)N[C@@H](CC(N)=O)C(=O)N[C@H](C(=O)N[C@@H](CCCCN)C(N)=O)[C@@H](C)O)[C@@H](C)CC. The summed E-state index contributed by atoms with van der Waals surface area (Å²) in [5.74, 6) is -24.2. The van der Waals surface area contributed by atoms with Crippen molar-refractivity contribution in [1.82, 2.24) is 90.0 Å². The maximum Gasteiger partial charge on any atom is 0.303 e. The van der Waals surface area contributed by atoms with E-state index in [-0.39, 0.29) is 116 Å². The number of carbonyl (C=O) groups excluding carboxylic acids is 21. The van der Waals surface area contributed by atoms with E-state index < -0.39 is 295 Å². The molecule has 150 heavy (non-hydrogen) atoms. The van der Waals surface area contributed by atoms with Crippen LogP contribution in [0.3, 0.4) is 0 Å². The molecule has 0 saturated carbocycles. The van der Waals surface area contributed by atoms with Crippen molar-refractivity contribution in [2.45, 2.75) is 345 Å². The third kappa shape index (κ3) is 45.9. The third-order valence-corrected chi connectivity index (χ3v) is 25.2. The summed E-state index contributed by atoms with van der Waals surface area (Å²) in [7, 11) is 0. The normalized spacial score (nSPS) is 15.9. The van der Waals surface area contributed by atoms with Crippen LogP contribution in [0.2, 0.25) is 0 Å². The molecule has 1 fully saturated rings. The van der Waals surface area contributed by atoms with E-state index in [4.69, 9.17) is 40.1 Å². The standard InChI is InChI=1S/C102H160N24O24/c1-12-14-37-66(90(138)124-84(59(9)13-2)100(148)115-69(43-45-81(132)133)88(136)113-68(42-44-78(106)129)89(137)119-76(55-80(108)131)96(144)125-85(60(10)127)101(149)111-65(86(109)134)38-24-27-46-103)112-91(139)71(50-56(3)4)117-93(141)73(52-63-33-20-16-21-34-63)122-99(147)83(58(7)8)123-95(143)74(53-64-35-22-17-23-36-64)121-97(145)77-41-30-49-126(77)102(150)70(40-26-29-48-105)116-94(142)75(54-79(107)130)120-92(140)72(51-62-31-18-15-19-32-62)118-87(135)67(39-25-28-47-104)114-98(146)82(57(5)6)110-61(11)128/h15-23,31-36,56-60,65-77,82-85,127H,12-14,24-30,37-55,103-105H2,1-11H3,(H2,106,129)(H2,107,130)(H2,108,131)(H2,109,134)(H,110,128)(H,111,149)(H,112,139)(H,113,136)(H,114,146)(H,115,148)(H,116,142)(H,117,141)(H,118,135)(H,119,137)(H,120,140)(H,121,145)(H,122,147)(H,123,143)(H,124,138)(H,125,144)(H,132,133)/t59-,60+,65-,66-,67-,68-,69-,70-,71-,72-,73-,74-,75-,76-,77-,82-,83-,84-,85-/m0/s1.